The van der Waals surface area contributed by atoms with Crippen LogP contribution in [0.3, 0.4) is 0 Å². The topological polar surface area (TPSA) is 48.9 Å². The molecule has 6 heteroatoms. The van der Waals surface area contributed by atoms with Crippen LogP contribution >= 0.6 is 24.0 Å². The van der Waals surface area contributed by atoms with Crippen molar-refractivity contribution in [3.05, 3.63) is 30.3 Å². The van der Waals surface area contributed by atoms with Crippen LogP contribution in [-0.4, -0.2) is 55.7 Å². The third kappa shape index (κ3) is 7.81. The number of aliphatic imine (C=N–C) groups is 1. The van der Waals surface area contributed by atoms with Crippen LogP contribution in [0.25, 0.3) is 0 Å². The first-order valence-corrected chi connectivity index (χ1v) is 9.20. The van der Waals surface area contributed by atoms with Crippen LogP contribution in [0.1, 0.15) is 33.6 Å². The molecule has 25 heavy (non-hydrogen) atoms. The lowest BCUT2D eigenvalue weighted by molar-refractivity contribution is 0.230. The summed E-state index contributed by atoms with van der Waals surface area (Å²) in [5, 5.41) is 6.81. The third-order valence-electron chi connectivity index (χ3n) is 4.34. The largest absolute Gasteiger partial charge is 0.489 e. The predicted molar refractivity (Wildman–Crippen MR) is 116 cm³/mol. The Balaban J connectivity index is 0.00000312. The fourth-order valence-corrected chi connectivity index (χ4v) is 3.09. The molecular weight excluding hydrogens is 427 g/mol. The van der Waals surface area contributed by atoms with Crippen LogP contribution in [-0.2, 0) is 0 Å². The zero-order valence-electron chi connectivity index (χ0n) is 15.7. The molecule has 1 aliphatic rings. The van der Waals surface area contributed by atoms with Crippen molar-refractivity contribution in [3.63, 3.8) is 0 Å². The molecule has 2 rings (SSSR count). The Morgan fingerprint density at radius 1 is 1.28 bits per heavy atom. The van der Waals surface area contributed by atoms with Crippen molar-refractivity contribution in [2.24, 2.45) is 4.99 Å². The Bertz CT molecular complexity index is 497. The van der Waals surface area contributed by atoms with Crippen molar-refractivity contribution in [3.8, 4) is 5.75 Å². The summed E-state index contributed by atoms with van der Waals surface area (Å²) in [4.78, 5) is 7.21. The van der Waals surface area contributed by atoms with Gasteiger partial charge in [-0.3, -0.25) is 4.90 Å². The SMILES string of the molecule is CCNC(=NCC(C)Oc1ccccc1)NCC1CCCN1CC.I. The third-order valence-corrected chi connectivity index (χ3v) is 4.34. The number of benzene rings is 1. The lowest BCUT2D eigenvalue weighted by atomic mass is 10.2. The molecule has 5 nitrogen and oxygen atoms in total. The highest BCUT2D eigenvalue weighted by Gasteiger charge is 2.22. The molecule has 2 atom stereocenters. The second-order valence-corrected chi connectivity index (χ2v) is 6.27. The first kappa shape index (κ1) is 22.0. The van der Waals surface area contributed by atoms with Gasteiger partial charge in [-0.2, -0.15) is 0 Å². The Morgan fingerprint density at radius 2 is 2.04 bits per heavy atom. The molecule has 0 aromatic heterocycles. The Morgan fingerprint density at radius 3 is 2.72 bits per heavy atom. The van der Waals surface area contributed by atoms with Gasteiger partial charge in [0.05, 0.1) is 6.54 Å². The molecule has 0 amide bonds. The van der Waals surface area contributed by atoms with Gasteiger partial charge in [0.2, 0.25) is 0 Å². The van der Waals surface area contributed by atoms with E-state index in [9.17, 15) is 0 Å². The molecular formula is C19H33IN4O. The van der Waals surface area contributed by atoms with Crippen molar-refractivity contribution in [2.75, 3.05) is 32.7 Å². The Labute approximate surface area is 169 Å². The van der Waals surface area contributed by atoms with E-state index in [1.165, 1.54) is 19.4 Å². The number of hydrogen-bond acceptors (Lipinski definition) is 3. The van der Waals surface area contributed by atoms with Gasteiger partial charge in [0.1, 0.15) is 11.9 Å². The van der Waals surface area contributed by atoms with Gasteiger partial charge in [0.25, 0.3) is 0 Å². The summed E-state index contributed by atoms with van der Waals surface area (Å²) >= 11 is 0. The molecule has 1 heterocycles. The maximum Gasteiger partial charge on any atom is 0.191 e. The summed E-state index contributed by atoms with van der Waals surface area (Å²) in [6.45, 7) is 11.2. The monoisotopic (exact) mass is 460 g/mol. The predicted octanol–water partition coefficient (Wildman–Crippen LogP) is 3.11. The summed E-state index contributed by atoms with van der Waals surface area (Å²) < 4.78 is 5.88. The maximum absolute atomic E-state index is 5.88. The van der Waals surface area contributed by atoms with E-state index < -0.39 is 0 Å². The standard InChI is InChI=1S/C19H32N4O.HI/c1-4-20-19(22-15-17-10-9-13-23(17)5-2)21-14-16(3)24-18-11-7-6-8-12-18;/h6-8,11-12,16-17H,4-5,9-10,13-15H2,1-3H3,(H2,20,21,22);1H. The first-order chi connectivity index (χ1) is 11.7. The van der Waals surface area contributed by atoms with E-state index in [4.69, 9.17) is 4.74 Å². The average Bonchev–Trinajstić information content (AvgIpc) is 3.06. The summed E-state index contributed by atoms with van der Waals surface area (Å²) in [6.07, 6.45) is 2.62. The highest BCUT2D eigenvalue weighted by Crippen LogP contribution is 2.15. The summed E-state index contributed by atoms with van der Waals surface area (Å²) in [5.41, 5.74) is 0. The van der Waals surface area contributed by atoms with Crippen molar-refractivity contribution >= 4 is 29.9 Å². The Hall–Kier alpha value is -1.02. The van der Waals surface area contributed by atoms with E-state index in [0.717, 1.165) is 31.3 Å². The van der Waals surface area contributed by atoms with Crippen LogP contribution in [0.5, 0.6) is 5.75 Å². The van der Waals surface area contributed by atoms with E-state index in [2.05, 4.69) is 41.3 Å². The molecule has 1 fully saturated rings. The fraction of sp³-hybridized carbons (Fsp3) is 0.632. The number of nitrogens with zero attached hydrogens (tertiary/aromatic N) is 2. The molecule has 2 unspecified atom stereocenters. The van der Waals surface area contributed by atoms with Crippen LogP contribution in [0.2, 0.25) is 0 Å². The summed E-state index contributed by atoms with van der Waals surface area (Å²) in [7, 11) is 0. The molecule has 1 aromatic carbocycles. The number of likely N-dealkylation sites (tertiary alicyclic amines) is 1. The number of nitrogens with one attached hydrogen (secondary N) is 2. The average molecular weight is 460 g/mol. The van der Waals surface area contributed by atoms with Gasteiger partial charge in [0.15, 0.2) is 5.96 Å². The molecule has 2 N–H and O–H groups in total. The van der Waals surface area contributed by atoms with Gasteiger partial charge >= 0.3 is 0 Å². The van der Waals surface area contributed by atoms with Crippen molar-refractivity contribution in [1.29, 1.82) is 0 Å². The van der Waals surface area contributed by atoms with Crippen molar-refractivity contribution in [1.82, 2.24) is 15.5 Å². The van der Waals surface area contributed by atoms with E-state index in [-0.39, 0.29) is 30.1 Å². The molecule has 1 aromatic rings. The maximum atomic E-state index is 5.88. The minimum absolute atomic E-state index is 0. The normalized spacial score (nSPS) is 19.2. The molecule has 142 valence electrons. The van der Waals surface area contributed by atoms with Gasteiger partial charge < -0.3 is 15.4 Å². The summed E-state index contributed by atoms with van der Waals surface area (Å²) in [6, 6.07) is 10.5. The first-order valence-electron chi connectivity index (χ1n) is 9.20. The smallest absolute Gasteiger partial charge is 0.191 e. The number of rotatable bonds is 8. The molecule has 0 aliphatic carbocycles. The van der Waals surface area contributed by atoms with Gasteiger partial charge in [-0.25, -0.2) is 4.99 Å². The number of para-hydroxylation sites is 1. The number of halogens is 1. The van der Waals surface area contributed by atoms with E-state index >= 15 is 0 Å². The van der Waals surface area contributed by atoms with E-state index in [1.807, 2.05) is 30.3 Å². The van der Waals surface area contributed by atoms with Gasteiger partial charge in [-0.15, -0.1) is 24.0 Å². The number of likely N-dealkylation sites (N-methyl/N-ethyl adjacent to an activating group) is 1. The molecule has 0 radical (unpaired) electrons. The minimum Gasteiger partial charge on any atom is -0.489 e. The second-order valence-electron chi connectivity index (χ2n) is 6.27. The molecule has 0 spiro atoms. The van der Waals surface area contributed by atoms with Crippen LogP contribution in [0.4, 0.5) is 0 Å². The van der Waals surface area contributed by atoms with Crippen LogP contribution in [0, 0.1) is 0 Å². The molecule has 0 bridgehead atoms. The summed E-state index contributed by atoms with van der Waals surface area (Å²) in [5.74, 6) is 1.77. The lowest BCUT2D eigenvalue weighted by Crippen LogP contribution is -2.45. The highest BCUT2D eigenvalue weighted by atomic mass is 127. The van der Waals surface area contributed by atoms with Crippen molar-refractivity contribution < 1.29 is 4.74 Å². The van der Waals surface area contributed by atoms with Gasteiger partial charge in [-0.1, -0.05) is 25.1 Å². The highest BCUT2D eigenvalue weighted by molar-refractivity contribution is 14.0. The quantitative estimate of drug-likeness (QED) is 0.356. The second kappa shape index (κ2) is 12.4. The number of guanidine groups is 1. The Kier molecular flexibility index (Phi) is 10.9. The van der Waals surface area contributed by atoms with Crippen molar-refractivity contribution in [2.45, 2.75) is 45.8 Å². The zero-order chi connectivity index (χ0) is 17.2. The van der Waals surface area contributed by atoms with E-state index in [1.54, 1.807) is 0 Å². The van der Waals surface area contributed by atoms with Gasteiger partial charge in [0, 0.05) is 19.1 Å². The van der Waals surface area contributed by atoms with Crippen LogP contribution < -0.4 is 15.4 Å². The number of ether oxygens (including phenoxy) is 1. The molecule has 0 saturated carbocycles. The molecule has 1 aliphatic heterocycles. The van der Waals surface area contributed by atoms with Gasteiger partial charge in [-0.05, 0) is 51.9 Å². The van der Waals surface area contributed by atoms with E-state index in [0.29, 0.717) is 12.6 Å². The fourth-order valence-electron chi connectivity index (χ4n) is 3.09. The zero-order valence-corrected chi connectivity index (χ0v) is 18.0. The lowest BCUT2D eigenvalue weighted by Gasteiger charge is -2.24. The number of hydrogen-bond donors (Lipinski definition) is 2. The van der Waals surface area contributed by atoms with Crippen LogP contribution in [0.15, 0.2) is 35.3 Å². The minimum atomic E-state index is 0. The molecule has 1 saturated heterocycles.